The Balaban J connectivity index is 3.06. The van der Waals surface area contributed by atoms with Gasteiger partial charge in [-0.2, -0.15) is 4.79 Å². The fourth-order valence-electron chi connectivity index (χ4n) is 2.64. The molecular formula is C14H25N2O4+. The van der Waals surface area contributed by atoms with Crippen LogP contribution in [0.25, 0.3) is 0 Å². The molecule has 1 atom stereocenters. The molecule has 20 heavy (non-hydrogen) atoms. The molecule has 3 N–H and O–H groups in total. The normalized spacial score (nSPS) is 24.2. The molecule has 0 aromatic heterocycles. The lowest BCUT2D eigenvalue weighted by Gasteiger charge is -2.43. The Kier molecular flexibility index (Phi) is 4.81. The molecule has 0 radical (unpaired) electrons. The number of esters is 1. The van der Waals surface area contributed by atoms with Gasteiger partial charge in [-0.25, -0.2) is 9.28 Å². The van der Waals surface area contributed by atoms with Gasteiger partial charge < -0.3 is 15.6 Å². The number of hydrogen-bond acceptors (Lipinski definition) is 4. The van der Waals surface area contributed by atoms with Crippen LogP contribution in [0.3, 0.4) is 0 Å². The maximum absolute atomic E-state index is 11.9. The van der Waals surface area contributed by atoms with E-state index < -0.39 is 17.6 Å². The second-order valence-electron chi connectivity index (χ2n) is 6.09. The predicted octanol–water partition coefficient (Wildman–Crippen LogP) is 1.85. The first-order valence-corrected chi connectivity index (χ1v) is 6.91. The lowest BCUT2D eigenvalue weighted by molar-refractivity contribution is -0.902. The molecule has 1 aliphatic rings. The molecule has 1 unspecified atom stereocenters. The summed E-state index contributed by atoms with van der Waals surface area (Å²) in [6.45, 7) is 8.43. The van der Waals surface area contributed by atoms with Crippen LogP contribution in [0.5, 0.6) is 0 Å². The number of hydrogen-bond donors (Lipinski definition) is 2. The first-order valence-electron chi connectivity index (χ1n) is 6.91. The largest absolute Gasteiger partial charge is 0.514 e. The van der Waals surface area contributed by atoms with Crippen molar-refractivity contribution in [2.45, 2.75) is 46.1 Å². The average Bonchev–Trinajstić information content (AvgIpc) is 2.48. The van der Waals surface area contributed by atoms with Gasteiger partial charge in [0.15, 0.2) is 0 Å². The van der Waals surface area contributed by atoms with Crippen molar-refractivity contribution in [1.82, 2.24) is 0 Å². The van der Waals surface area contributed by atoms with E-state index in [4.69, 9.17) is 10.5 Å². The van der Waals surface area contributed by atoms with Gasteiger partial charge in [0.2, 0.25) is 0 Å². The van der Waals surface area contributed by atoms with Crippen LogP contribution in [0.1, 0.15) is 40.5 Å². The van der Waals surface area contributed by atoms with Crippen LogP contribution in [0, 0.1) is 0 Å². The fraction of sp³-hybridized carbons (Fsp3) is 0.714. The van der Waals surface area contributed by atoms with Crippen molar-refractivity contribution >= 4 is 12.1 Å². The van der Waals surface area contributed by atoms with Crippen LogP contribution in [-0.2, 0) is 9.53 Å². The van der Waals surface area contributed by atoms with Gasteiger partial charge in [0.25, 0.3) is 0 Å². The van der Waals surface area contributed by atoms with Gasteiger partial charge in [-0.3, -0.25) is 0 Å². The van der Waals surface area contributed by atoms with E-state index in [1.807, 2.05) is 20.8 Å². The van der Waals surface area contributed by atoms with E-state index in [9.17, 15) is 14.7 Å². The maximum atomic E-state index is 11.9. The summed E-state index contributed by atoms with van der Waals surface area (Å²) in [6.07, 6.45) is -0.165. The van der Waals surface area contributed by atoms with Gasteiger partial charge in [-0.05, 0) is 27.7 Å². The molecule has 0 fully saturated rings. The fourth-order valence-corrected chi connectivity index (χ4v) is 2.64. The highest BCUT2D eigenvalue weighted by Gasteiger charge is 2.48. The first kappa shape index (κ1) is 16.5. The summed E-state index contributed by atoms with van der Waals surface area (Å²) in [7, 11) is 0. The summed E-state index contributed by atoms with van der Waals surface area (Å²) in [5, 5.41) is 9.66. The van der Waals surface area contributed by atoms with Crippen LogP contribution in [0.2, 0.25) is 0 Å². The maximum Gasteiger partial charge on any atom is 0.514 e. The molecule has 1 aliphatic heterocycles. The number of carbonyl (C=O) groups is 2. The molecule has 0 spiro atoms. The van der Waals surface area contributed by atoms with Crippen molar-refractivity contribution in [3.63, 3.8) is 0 Å². The molecule has 0 saturated heterocycles. The highest BCUT2D eigenvalue weighted by atomic mass is 16.5. The predicted molar refractivity (Wildman–Crippen MR) is 74.9 cm³/mol. The lowest BCUT2D eigenvalue weighted by Crippen LogP contribution is -2.63. The van der Waals surface area contributed by atoms with E-state index in [1.54, 1.807) is 6.92 Å². The molecule has 1 heterocycles. The average molecular weight is 285 g/mol. The Labute approximate surface area is 119 Å². The summed E-state index contributed by atoms with van der Waals surface area (Å²) < 4.78 is 4.89. The molecule has 1 rings (SSSR count). The Morgan fingerprint density at radius 1 is 1.30 bits per heavy atom. The van der Waals surface area contributed by atoms with Crippen LogP contribution in [0.15, 0.2) is 11.3 Å². The zero-order valence-electron chi connectivity index (χ0n) is 12.7. The van der Waals surface area contributed by atoms with Crippen molar-refractivity contribution < 1.29 is 23.9 Å². The molecule has 1 amide bonds. The van der Waals surface area contributed by atoms with Crippen molar-refractivity contribution in [2.75, 3.05) is 19.7 Å². The van der Waals surface area contributed by atoms with Crippen molar-refractivity contribution in [3.8, 4) is 0 Å². The molecule has 6 nitrogen and oxygen atoms in total. The molecule has 0 aromatic rings. The molecule has 0 aromatic carbocycles. The Bertz CT molecular complexity index is 437. The summed E-state index contributed by atoms with van der Waals surface area (Å²) in [4.78, 5) is 23.7. The van der Waals surface area contributed by atoms with Crippen molar-refractivity contribution in [2.24, 2.45) is 5.73 Å². The lowest BCUT2D eigenvalue weighted by atomic mass is 10.0. The molecule has 6 heteroatoms. The van der Waals surface area contributed by atoms with E-state index in [-0.39, 0.29) is 11.1 Å². The Hall–Kier alpha value is -1.56. The first-order chi connectivity index (χ1) is 9.15. The Morgan fingerprint density at radius 2 is 1.85 bits per heavy atom. The summed E-state index contributed by atoms with van der Waals surface area (Å²) in [5.74, 6) is -0.427. The van der Waals surface area contributed by atoms with Gasteiger partial charge in [-0.1, -0.05) is 0 Å². The zero-order valence-corrected chi connectivity index (χ0v) is 12.7. The number of rotatable bonds is 2. The monoisotopic (exact) mass is 285 g/mol. The van der Waals surface area contributed by atoms with E-state index >= 15 is 0 Å². The van der Waals surface area contributed by atoms with Crippen molar-refractivity contribution in [3.05, 3.63) is 11.3 Å². The third-order valence-electron chi connectivity index (χ3n) is 4.07. The van der Waals surface area contributed by atoms with Gasteiger partial charge in [0.1, 0.15) is 5.54 Å². The van der Waals surface area contributed by atoms with Crippen molar-refractivity contribution in [1.29, 1.82) is 0 Å². The van der Waals surface area contributed by atoms with Gasteiger partial charge in [-0.15, -0.1) is 0 Å². The number of ether oxygens (including phenoxy) is 1. The smallest absolute Gasteiger partial charge is 0.463 e. The quantitative estimate of drug-likeness (QED) is 0.597. The van der Waals surface area contributed by atoms with Gasteiger partial charge in [0, 0.05) is 18.5 Å². The third kappa shape index (κ3) is 2.95. The molecular weight excluding hydrogens is 260 g/mol. The second kappa shape index (κ2) is 5.83. The highest BCUT2D eigenvalue weighted by Crippen LogP contribution is 2.31. The molecule has 0 aliphatic carbocycles. The number of quaternary nitrogens is 1. The minimum absolute atomic E-state index is 0.101. The van der Waals surface area contributed by atoms with E-state index in [0.29, 0.717) is 37.2 Å². The number of nitrogens with two attached hydrogens (primary N) is 1. The zero-order chi connectivity index (χ0) is 15.6. The standard InChI is InChI=1S/C14H24N2O4/c1-5-20-12(17)10-6-8-16(13(18)19,14(2,3)4)9-7-11(10)15/h5-9H2,1-4H3,(H2-,15,17,18,19)/p+1. The summed E-state index contributed by atoms with van der Waals surface area (Å²) in [6, 6.07) is 0. The number of amides is 1. The molecule has 114 valence electrons. The van der Waals surface area contributed by atoms with E-state index in [0.717, 1.165) is 0 Å². The minimum Gasteiger partial charge on any atom is -0.463 e. The van der Waals surface area contributed by atoms with Crippen LogP contribution in [0.4, 0.5) is 4.79 Å². The van der Waals surface area contributed by atoms with Gasteiger partial charge in [0.05, 0.1) is 25.3 Å². The van der Waals surface area contributed by atoms with Crippen LogP contribution < -0.4 is 5.73 Å². The summed E-state index contributed by atoms with van der Waals surface area (Å²) >= 11 is 0. The summed E-state index contributed by atoms with van der Waals surface area (Å²) in [5.41, 5.74) is 6.37. The number of carbonyl (C=O) groups excluding carboxylic acids is 1. The highest BCUT2D eigenvalue weighted by molar-refractivity contribution is 5.89. The topological polar surface area (TPSA) is 89.6 Å². The third-order valence-corrected chi connectivity index (χ3v) is 4.07. The van der Waals surface area contributed by atoms with Crippen LogP contribution >= 0.6 is 0 Å². The number of carboxylic acid groups (broad SMARTS) is 1. The minimum atomic E-state index is -0.879. The molecule has 0 saturated carbocycles. The SMILES string of the molecule is CCOC(=O)C1=C(N)CC[N+](C(=O)O)(C(C)(C)C)CC1. The van der Waals surface area contributed by atoms with Gasteiger partial charge >= 0.3 is 12.1 Å². The molecule has 0 bridgehead atoms. The number of nitrogens with zero attached hydrogens (tertiary/aromatic N) is 1. The van der Waals surface area contributed by atoms with E-state index in [1.165, 1.54) is 0 Å². The van der Waals surface area contributed by atoms with E-state index in [2.05, 4.69) is 0 Å². The second-order valence-corrected chi connectivity index (χ2v) is 6.09. The Morgan fingerprint density at radius 3 is 2.30 bits per heavy atom. The van der Waals surface area contributed by atoms with Crippen LogP contribution in [-0.4, -0.2) is 46.9 Å².